The molecule has 25 heavy (non-hydrogen) atoms. The maximum Gasteiger partial charge on any atom is 0.461 e. The van der Waals surface area contributed by atoms with E-state index in [0.29, 0.717) is 0 Å². The SMILES string of the molecule is FC(F)C(F)(F)Oc1ccc([C@@H](c2ccsc2)N2CCNCC2)cc1. The summed E-state index contributed by atoms with van der Waals surface area (Å²) in [5, 5.41) is 7.35. The van der Waals surface area contributed by atoms with E-state index in [2.05, 4.69) is 20.3 Å². The number of halogens is 4. The number of alkyl halides is 4. The second kappa shape index (κ2) is 7.72. The van der Waals surface area contributed by atoms with Gasteiger partial charge in [0.1, 0.15) is 5.75 Å². The number of nitrogens with zero attached hydrogens (tertiary/aromatic N) is 1. The summed E-state index contributed by atoms with van der Waals surface area (Å²) in [5.74, 6) is -0.279. The molecule has 0 aliphatic carbocycles. The first-order valence-electron chi connectivity index (χ1n) is 7.89. The molecule has 1 aromatic heterocycles. The highest BCUT2D eigenvalue weighted by Gasteiger charge is 2.44. The summed E-state index contributed by atoms with van der Waals surface area (Å²) < 4.78 is 54.7. The smallest absolute Gasteiger partial charge is 0.428 e. The van der Waals surface area contributed by atoms with Crippen LogP contribution in [0.3, 0.4) is 0 Å². The van der Waals surface area contributed by atoms with Gasteiger partial charge in [0, 0.05) is 26.2 Å². The van der Waals surface area contributed by atoms with E-state index in [-0.39, 0.29) is 11.8 Å². The van der Waals surface area contributed by atoms with E-state index in [1.165, 1.54) is 12.1 Å². The second-order valence-corrected chi connectivity index (χ2v) is 6.56. The average Bonchev–Trinajstić information content (AvgIpc) is 3.11. The van der Waals surface area contributed by atoms with Crippen molar-refractivity contribution in [2.45, 2.75) is 18.6 Å². The Balaban J connectivity index is 1.82. The third-order valence-electron chi connectivity index (χ3n) is 4.08. The van der Waals surface area contributed by atoms with Crippen molar-refractivity contribution in [3.05, 3.63) is 52.2 Å². The summed E-state index contributed by atoms with van der Waals surface area (Å²) in [6, 6.07) is 7.97. The summed E-state index contributed by atoms with van der Waals surface area (Å²) in [4.78, 5) is 2.31. The maximum absolute atomic E-state index is 13.0. The molecule has 2 aromatic rings. The van der Waals surface area contributed by atoms with Crippen molar-refractivity contribution < 1.29 is 22.3 Å². The van der Waals surface area contributed by atoms with Crippen LogP contribution in [0.5, 0.6) is 5.75 Å². The fraction of sp³-hybridized carbons (Fsp3) is 0.412. The quantitative estimate of drug-likeness (QED) is 0.774. The molecule has 1 aliphatic heterocycles. The lowest BCUT2D eigenvalue weighted by atomic mass is 9.98. The molecule has 0 amide bonds. The van der Waals surface area contributed by atoms with E-state index in [1.54, 1.807) is 23.5 Å². The molecule has 0 spiro atoms. The van der Waals surface area contributed by atoms with E-state index in [1.807, 2.05) is 11.4 Å². The van der Waals surface area contributed by atoms with Gasteiger partial charge in [0.05, 0.1) is 6.04 Å². The first kappa shape index (κ1) is 18.2. The largest absolute Gasteiger partial charge is 0.461 e. The van der Waals surface area contributed by atoms with Crippen LogP contribution in [0.25, 0.3) is 0 Å². The molecule has 2 heterocycles. The zero-order valence-corrected chi connectivity index (χ0v) is 14.1. The number of hydrogen-bond acceptors (Lipinski definition) is 4. The Morgan fingerprint density at radius 2 is 1.72 bits per heavy atom. The lowest BCUT2D eigenvalue weighted by molar-refractivity contribution is -0.253. The number of piperazine rings is 1. The van der Waals surface area contributed by atoms with E-state index >= 15 is 0 Å². The molecule has 136 valence electrons. The number of benzene rings is 1. The molecule has 1 atom stereocenters. The number of nitrogens with one attached hydrogen (secondary N) is 1. The molecule has 1 saturated heterocycles. The molecule has 0 radical (unpaired) electrons. The zero-order valence-electron chi connectivity index (χ0n) is 13.3. The van der Waals surface area contributed by atoms with Crippen LogP contribution >= 0.6 is 11.3 Å². The summed E-state index contributed by atoms with van der Waals surface area (Å²) in [6.45, 7) is 3.48. The van der Waals surface area contributed by atoms with E-state index in [0.717, 1.165) is 37.3 Å². The highest BCUT2D eigenvalue weighted by Crippen LogP contribution is 2.33. The molecule has 0 unspecified atom stereocenters. The number of ether oxygens (including phenoxy) is 1. The summed E-state index contributed by atoms with van der Waals surface area (Å²) in [6.07, 6.45) is -8.36. The normalized spacial score (nSPS) is 17.6. The minimum Gasteiger partial charge on any atom is -0.428 e. The van der Waals surface area contributed by atoms with E-state index < -0.39 is 12.5 Å². The summed E-state index contributed by atoms with van der Waals surface area (Å²) in [7, 11) is 0. The second-order valence-electron chi connectivity index (χ2n) is 5.78. The van der Waals surface area contributed by atoms with E-state index in [9.17, 15) is 17.6 Å². The van der Waals surface area contributed by atoms with Crippen molar-refractivity contribution in [1.29, 1.82) is 0 Å². The molecule has 8 heteroatoms. The zero-order chi connectivity index (χ0) is 17.9. The van der Waals surface area contributed by atoms with E-state index in [4.69, 9.17) is 0 Å². The van der Waals surface area contributed by atoms with Crippen molar-refractivity contribution in [2.75, 3.05) is 26.2 Å². The minimum absolute atomic E-state index is 0.00184. The van der Waals surface area contributed by atoms with Crippen LogP contribution in [-0.2, 0) is 0 Å². The molecule has 3 nitrogen and oxygen atoms in total. The van der Waals surface area contributed by atoms with Crippen LogP contribution in [-0.4, -0.2) is 43.6 Å². The Kier molecular flexibility index (Phi) is 5.61. The summed E-state index contributed by atoms with van der Waals surface area (Å²) >= 11 is 1.59. The molecule has 1 aliphatic rings. The van der Waals surface area contributed by atoms with Crippen LogP contribution in [0.2, 0.25) is 0 Å². The standard InChI is InChI=1S/C17H18F4N2OS/c18-16(19)17(20,21)24-14-3-1-12(2-4-14)15(13-5-10-25-11-13)23-8-6-22-7-9-23/h1-5,10-11,15-16,22H,6-9H2/t15-/m0/s1. The number of hydrogen-bond donors (Lipinski definition) is 1. The predicted molar refractivity (Wildman–Crippen MR) is 88.6 cm³/mol. The lowest BCUT2D eigenvalue weighted by Gasteiger charge is -2.35. The van der Waals surface area contributed by atoms with Gasteiger partial charge in [-0.3, -0.25) is 4.90 Å². The molecule has 0 saturated carbocycles. The Hall–Kier alpha value is -1.64. The van der Waals surface area contributed by atoms with Crippen molar-refractivity contribution in [3.63, 3.8) is 0 Å². The van der Waals surface area contributed by atoms with Gasteiger partial charge in [-0.25, -0.2) is 0 Å². The lowest BCUT2D eigenvalue weighted by Crippen LogP contribution is -2.45. The third-order valence-corrected chi connectivity index (χ3v) is 4.78. The van der Waals surface area contributed by atoms with Gasteiger partial charge in [0.15, 0.2) is 0 Å². The van der Waals surface area contributed by atoms with Crippen molar-refractivity contribution in [3.8, 4) is 5.75 Å². The summed E-state index contributed by atoms with van der Waals surface area (Å²) in [5.41, 5.74) is 2.03. The minimum atomic E-state index is -4.49. The Labute approximate surface area is 147 Å². The molecule has 0 bridgehead atoms. The molecule has 1 aromatic carbocycles. The Morgan fingerprint density at radius 3 is 2.28 bits per heavy atom. The van der Waals surface area contributed by atoms with Gasteiger partial charge in [-0.2, -0.15) is 28.9 Å². The van der Waals surface area contributed by atoms with Gasteiger partial charge in [0.2, 0.25) is 0 Å². The van der Waals surface area contributed by atoms with Gasteiger partial charge in [-0.05, 0) is 40.1 Å². The fourth-order valence-corrected chi connectivity index (χ4v) is 3.58. The van der Waals surface area contributed by atoms with Crippen LogP contribution in [0.1, 0.15) is 17.2 Å². The third kappa shape index (κ3) is 4.31. The highest BCUT2D eigenvalue weighted by molar-refractivity contribution is 7.08. The van der Waals surface area contributed by atoms with Crippen molar-refractivity contribution >= 4 is 11.3 Å². The molecule has 1 N–H and O–H groups in total. The monoisotopic (exact) mass is 374 g/mol. The Bertz CT molecular complexity index is 658. The first-order valence-corrected chi connectivity index (χ1v) is 8.83. The van der Waals surface area contributed by atoms with Crippen LogP contribution < -0.4 is 10.1 Å². The van der Waals surface area contributed by atoms with Crippen molar-refractivity contribution in [1.82, 2.24) is 10.2 Å². The van der Waals surface area contributed by atoms with Gasteiger partial charge in [-0.1, -0.05) is 12.1 Å². The highest BCUT2D eigenvalue weighted by atomic mass is 32.1. The topological polar surface area (TPSA) is 24.5 Å². The average molecular weight is 374 g/mol. The molecular formula is C17H18F4N2OS. The van der Waals surface area contributed by atoms with Crippen LogP contribution in [0.15, 0.2) is 41.1 Å². The van der Waals surface area contributed by atoms with Crippen LogP contribution in [0.4, 0.5) is 17.6 Å². The molecular weight excluding hydrogens is 356 g/mol. The maximum atomic E-state index is 13.0. The van der Waals surface area contributed by atoms with Gasteiger partial charge < -0.3 is 10.1 Å². The Morgan fingerprint density at radius 1 is 1.04 bits per heavy atom. The predicted octanol–water partition coefficient (Wildman–Crippen LogP) is 3.98. The van der Waals surface area contributed by atoms with Gasteiger partial charge >= 0.3 is 12.5 Å². The van der Waals surface area contributed by atoms with Gasteiger partial charge in [0.25, 0.3) is 0 Å². The number of thiophene rings is 1. The number of rotatable bonds is 6. The molecule has 3 rings (SSSR count). The first-order chi connectivity index (χ1) is 12.0. The van der Waals surface area contributed by atoms with Gasteiger partial charge in [-0.15, -0.1) is 0 Å². The molecule has 1 fully saturated rings. The fourth-order valence-electron chi connectivity index (χ4n) is 2.90. The van der Waals surface area contributed by atoms with Crippen molar-refractivity contribution in [2.24, 2.45) is 0 Å². The van der Waals surface area contributed by atoms with Crippen LogP contribution in [0, 0.1) is 0 Å².